The van der Waals surface area contributed by atoms with Gasteiger partial charge in [0.05, 0.1) is 5.38 Å². The molecule has 0 aliphatic heterocycles. The highest BCUT2D eigenvalue weighted by Crippen LogP contribution is 2.29. The van der Waals surface area contributed by atoms with E-state index < -0.39 is 0 Å². The van der Waals surface area contributed by atoms with Gasteiger partial charge in [0.2, 0.25) is 0 Å². The van der Waals surface area contributed by atoms with Crippen molar-refractivity contribution >= 4 is 39.1 Å². The molecule has 1 unspecified atom stereocenters. The summed E-state index contributed by atoms with van der Waals surface area (Å²) in [4.78, 5) is 0. The van der Waals surface area contributed by atoms with Crippen molar-refractivity contribution in [1.29, 1.82) is 0 Å². The highest BCUT2D eigenvalue weighted by atomic mass is 79.9. The molecule has 0 aromatic heterocycles. The van der Waals surface area contributed by atoms with E-state index in [1.165, 1.54) is 11.1 Å². The first-order chi connectivity index (χ1) is 7.15. The zero-order valence-corrected chi connectivity index (χ0v) is 11.2. The lowest BCUT2D eigenvalue weighted by Crippen LogP contribution is -1.89. The van der Waals surface area contributed by atoms with Gasteiger partial charge in [-0.3, -0.25) is 0 Å². The normalized spacial score (nSPS) is 20.5. The Bertz CT molecular complexity index is 399. The zero-order chi connectivity index (χ0) is 10.8. The monoisotopic (exact) mass is 304 g/mol. The predicted molar refractivity (Wildman–Crippen MR) is 69.8 cm³/mol. The average Bonchev–Trinajstić information content (AvgIpc) is 2.56. The number of hydrogen-bond acceptors (Lipinski definition) is 0. The van der Waals surface area contributed by atoms with Gasteiger partial charge < -0.3 is 0 Å². The van der Waals surface area contributed by atoms with Crippen LogP contribution in [0.25, 0.3) is 0 Å². The first-order valence-corrected chi connectivity index (χ1v) is 6.53. The highest BCUT2D eigenvalue weighted by Gasteiger charge is 2.14. The molecular weight excluding hydrogens is 295 g/mol. The van der Waals surface area contributed by atoms with Crippen LogP contribution in [0.4, 0.5) is 0 Å². The molecular formula is C12H11BrCl2. The summed E-state index contributed by atoms with van der Waals surface area (Å²) in [5.41, 5.74) is 2.58. The lowest BCUT2D eigenvalue weighted by atomic mass is 10.1. The summed E-state index contributed by atoms with van der Waals surface area (Å²) in [5.74, 6) is 0. The van der Waals surface area contributed by atoms with Crippen molar-refractivity contribution in [3.05, 3.63) is 44.9 Å². The molecule has 0 bridgehead atoms. The maximum absolute atomic E-state index is 6.15. The Morgan fingerprint density at radius 3 is 2.80 bits per heavy atom. The van der Waals surface area contributed by atoms with E-state index in [-0.39, 0.29) is 5.38 Å². The minimum Gasteiger partial charge on any atom is -0.118 e. The summed E-state index contributed by atoms with van der Waals surface area (Å²) in [6.07, 6.45) is 5.24. The number of alkyl halides is 1. The molecule has 0 saturated heterocycles. The van der Waals surface area contributed by atoms with E-state index in [2.05, 4.69) is 28.1 Å². The summed E-state index contributed by atoms with van der Waals surface area (Å²) < 4.78 is 1.02. The zero-order valence-electron chi connectivity index (χ0n) is 8.14. The van der Waals surface area contributed by atoms with Gasteiger partial charge in [-0.15, -0.1) is 11.6 Å². The van der Waals surface area contributed by atoms with Crippen LogP contribution < -0.4 is 0 Å². The molecule has 0 saturated carbocycles. The van der Waals surface area contributed by atoms with Crippen LogP contribution in [0.1, 0.15) is 18.4 Å². The van der Waals surface area contributed by atoms with Crippen molar-refractivity contribution in [3.63, 3.8) is 0 Å². The van der Waals surface area contributed by atoms with E-state index in [0.717, 1.165) is 28.8 Å². The highest BCUT2D eigenvalue weighted by molar-refractivity contribution is 9.10. The number of benzene rings is 1. The fourth-order valence-electron chi connectivity index (χ4n) is 1.80. The number of hydrogen-bond donors (Lipinski definition) is 0. The van der Waals surface area contributed by atoms with Crippen LogP contribution in [0.2, 0.25) is 5.02 Å². The molecule has 1 aromatic carbocycles. The van der Waals surface area contributed by atoms with E-state index in [9.17, 15) is 0 Å². The molecule has 2 rings (SSSR count). The molecule has 0 amide bonds. The second-order valence-corrected chi connectivity index (χ2v) is 5.68. The average molecular weight is 306 g/mol. The molecule has 0 nitrogen and oxygen atoms in total. The third-order valence-electron chi connectivity index (χ3n) is 2.59. The van der Waals surface area contributed by atoms with Crippen molar-refractivity contribution in [2.45, 2.75) is 24.6 Å². The molecule has 0 radical (unpaired) electrons. The van der Waals surface area contributed by atoms with Crippen LogP contribution >= 0.6 is 39.1 Å². The molecule has 80 valence electrons. The molecule has 1 aliphatic rings. The standard InChI is InChI=1S/C12H11BrCl2/c13-10-3-2-9(12(15)7-10)5-8-1-4-11(14)6-8/h2-3,6-7,11H,1,4-5H2. The van der Waals surface area contributed by atoms with E-state index in [0.29, 0.717) is 0 Å². The lowest BCUT2D eigenvalue weighted by molar-refractivity contribution is 0.892. The SMILES string of the molecule is Clc1cc(Br)ccc1CC1=CC(Cl)CC1. The topological polar surface area (TPSA) is 0 Å². The molecule has 15 heavy (non-hydrogen) atoms. The van der Waals surface area contributed by atoms with Gasteiger partial charge in [0, 0.05) is 9.50 Å². The van der Waals surface area contributed by atoms with Gasteiger partial charge in [0.25, 0.3) is 0 Å². The van der Waals surface area contributed by atoms with Gasteiger partial charge in [0.1, 0.15) is 0 Å². The van der Waals surface area contributed by atoms with Gasteiger partial charge in [-0.2, -0.15) is 0 Å². The molecule has 1 aliphatic carbocycles. The molecule has 1 aromatic rings. The van der Waals surface area contributed by atoms with Gasteiger partial charge in [0.15, 0.2) is 0 Å². The first kappa shape index (κ1) is 11.5. The number of halogens is 3. The summed E-state index contributed by atoms with van der Waals surface area (Å²) in [5, 5.41) is 1.04. The van der Waals surface area contributed by atoms with Crippen LogP contribution in [0.15, 0.2) is 34.3 Å². The summed E-state index contributed by atoms with van der Waals surface area (Å²) in [6.45, 7) is 0. The fraction of sp³-hybridized carbons (Fsp3) is 0.333. The third kappa shape index (κ3) is 2.99. The Morgan fingerprint density at radius 1 is 1.40 bits per heavy atom. The van der Waals surface area contributed by atoms with Crippen LogP contribution in [-0.4, -0.2) is 5.38 Å². The van der Waals surface area contributed by atoms with Gasteiger partial charge >= 0.3 is 0 Å². The minimum absolute atomic E-state index is 0.217. The van der Waals surface area contributed by atoms with E-state index >= 15 is 0 Å². The van der Waals surface area contributed by atoms with Crippen molar-refractivity contribution < 1.29 is 0 Å². The Kier molecular flexibility index (Phi) is 3.76. The quantitative estimate of drug-likeness (QED) is 0.534. The van der Waals surface area contributed by atoms with Crippen LogP contribution in [-0.2, 0) is 6.42 Å². The Hall–Kier alpha value is 0.0200. The minimum atomic E-state index is 0.217. The summed E-state index contributed by atoms with van der Waals surface area (Å²) >= 11 is 15.6. The molecule has 0 fully saturated rings. The molecule has 0 spiro atoms. The van der Waals surface area contributed by atoms with Crippen LogP contribution in [0.5, 0.6) is 0 Å². The lowest BCUT2D eigenvalue weighted by Gasteiger charge is -2.05. The number of allylic oxidation sites excluding steroid dienone is 2. The van der Waals surface area contributed by atoms with E-state index in [1.54, 1.807) is 0 Å². The van der Waals surface area contributed by atoms with E-state index in [4.69, 9.17) is 23.2 Å². The third-order valence-corrected chi connectivity index (χ3v) is 3.78. The van der Waals surface area contributed by atoms with Gasteiger partial charge in [-0.25, -0.2) is 0 Å². The van der Waals surface area contributed by atoms with Crippen molar-refractivity contribution in [3.8, 4) is 0 Å². The Balaban J connectivity index is 2.14. The molecule has 0 heterocycles. The van der Waals surface area contributed by atoms with Crippen molar-refractivity contribution in [2.24, 2.45) is 0 Å². The van der Waals surface area contributed by atoms with Crippen LogP contribution in [0.3, 0.4) is 0 Å². The second kappa shape index (κ2) is 4.90. The number of rotatable bonds is 2. The second-order valence-electron chi connectivity index (χ2n) is 3.79. The summed E-state index contributed by atoms with van der Waals surface area (Å²) in [6, 6.07) is 6.02. The van der Waals surface area contributed by atoms with Crippen LogP contribution in [0, 0.1) is 0 Å². The first-order valence-electron chi connectivity index (χ1n) is 4.93. The maximum atomic E-state index is 6.15. The maximum Gasteiger partial charge on any atom is 0.0521 e. The molecule has 1 atom stereocenters. The van der Waals surface area contributed by atoms with Gasteiger partial charge in [-0.05, 0) is 37.0 Å². The van der Waals surface area contributed by atoms with Gasteiger partial charge in [-0.1, -0.05) is 45.2 Å². The largest absolute Gasteiger partial charge is 0.118 e. The van der Waals surface area contributed by atoms with Crippen molar-refractivity contribution in [2.75, 3.05) is 0 Å². The smallest absolute Gasteiger partial charge is 0.0521 e. The molecule has 3 heteroatoms. The van der Waals surface area contributed by atoms with Crippen molar-refractivity contribution in [1.82, 2.24) is 0 Å². The van der Waals surface area contributed by atoms with E-state index in [1.807, 2.05) is 12.1 Å². The Morgan fingerprint density at radius 2 is 2.20 bits per heavy atom. The fourth-order valence-corrected chi connectivity index (χ4v) is 2.83. The molecule has 0 N–H and O–H groups in total. The summed E-state index contributed by atoms with van der Waals surface area (Å²) in [7, 11) is 0. The predicted octanol–water partition coefficient (Wildman–Crippen LogP) is 4.97. The Labute approximate surface area is 108 Å².